The van der Waals surface area contributed by atoms with Gasteiger partial charge in [0.15, 0.2) is 0 Å². The lowest BCUT2D eigenvalue weighted by atomic mass is 9.76. The molecule has 3 aromatic carbocycles. The van der Waals surface area contributed by atoms with Crippen molar-refractivity contribution in [1.82, 2.24) is 0 Å². The van der Waals surface area contributed by atoms with Crippen molar-refractivity contribution in [3.05, 3.63) is 106 Å². The SMILES string of the molecule is CCCc1ccc(C2CCC(c3cc(F)c(C[C@H](C)c4ccccc4)c(F)c3)CC2)cc1. The molecule has 0 aliphatic heterocycles. The minimum absolute atomic E-state index is 0.0743. The average molecular weight is 433 g/mol. The average Bonchev–Trinajstić information content (AvgIpc) is 2.82. The van der Waals surface area contributed by atoms with Crippen LogP contribution >= 0.6 is 0 Å². The van der Waals surface area contributed by atoms with Crippen LogP contribution in [0.25, 0.3) is 0 Å². The van der Waals surface area contributed by atoms with E-state index in [4.69, 9.17) is 0 Å². The summed E-state index contributed by atoms with van der Waals surface area (Å²) in [6, 6.07) is 22.2. The van der Waals surface area contributed by atoms with Crippen LogP contribution in [-0.4, -0.2) is 0 Å². The van der Waals surface area contributed by atoms with E-state index in [9.17, 15) is 8.78 Å². The van der Waals surface area contributed by atoms with Crippen molar-refractivity contribution < 1.29 is 8.78 Å². The summed E-state index contributed by atoms with van der Waals surface area (Å²) in [7, 11) is 0. The second-order valence-corrected chi connectivity index (χ2v) is 9.52. The van der Waals surface area contributed by atoms with Crippen molar-refractivity contribution >= 4 is 0 Å². The first-order chi connectivity index (χ1) is 15.5. The second-order valence-electron chi connectivity index (χ2n) is 9.52. The molecule has 0 heterocycles. The van der Waals surface area contributed by atoms with Crippen LogP contribution in [0.15, 0.2) is 66.7 Å². The van der Waals surface area contributed by atoms with Crippen molar-refractivity contribution in [2.45, 2.75) is 76.5 Å². The lowest BCUT2D eigenvalue weighted by Gasteiger charge is -2.29. The zero-order chi connectivity index (χ0) is 22.5. The Bertz CT molecular complexity index is 976. The highest BCUT2D eigenvalue weighted by Crippen LogP contribution is 2.41. The Morgan fingerprint density at radius 3 is 1.91 bits per heavy atom. The fourth-order valence-electron chi connectivity index (χ4n) is 5.26. The fraction of sp³-hybridized carbons (Fsp3) is 0.400. The highest BCUT2D eigenvalue weighted by atomic mass is 19.1. The zero-order valence-electron chi connectivity index (χ0n) is 19.3. The molecule has 0 bridgehead atoms. The molecule has 32 heavy (non-hydrogen) atoms. The van der Waals surface area contributed by atoms with Crippen LogP contribution in [0.3, 0.4) is 0 Å². The van der Waals surface area contributed by atoms with Gasteiger partial charge in [-0.25, -0.2) is 8.78 Å². The molecule has 0 nitrogen and oxygen atoms in total. The van der Waals surface area contributed by atoms with Crippen molar-refractivity contribution in [2.24, 2.45) is 0 Å². The first-order valence-electron chi connectivity index (χ1n) is 12.2. The third-order valence-corrected chi connectivity index (χ3v) is 7.23. The maximum atomic E-state index is 14.9. The van der Waals surface area contributed by atoms with Gasteiger partial charge in [0, 0.05) is 5.56 Å². The van der Waals surface area contributed by atoms with E-state index in [1.54, 1.807) is 12.1 Å². The van der Waals surface area contributed by atoms with Gasteiger partial charge in [0.25, 0.3) is 0 Å². The normalized spacial score (nSPS) is 19.6. The standard InChI is InChI=1S/C30H34F2/c1-3-7-22-10-12-24(13-11-22)25-14-16-26(17-15-25)27-19-29(31)28(30(32)20-27)18-21(2)23-8-5-4-6-9-23/h4-6,8-13,19-21,25-26H,3,7,14-18H2,1-2H3/t21-,25?,26?/m0/s1. The number of aryl methyl sites for hydroxylation is 1. The molecule has 0 aromatic heterocycles. The minimum Gasteiger partial charge on any atom is -0.207 e. The Kier molecular flexibility index (Phi) is 7.40. The van der Waals surface area contributed by atoms with Crippen LogP contribution in [0.1, 0.15) is 91.5 Å². The molecule has 0 unspecified atom stereocenters. The smallest absolute Gasteiger partial charge is 0.129 e. The Balaban J connectivity index is 1.40. The number of halogens is 2. The summed E-state index contributed by atoms with van der Waals surface area (Å²) in [5.41, 5.74) is 4.96. The van der Waals surface area contributed by atoms with E-state index in [-0.39, 0.29) is 17.4 Å². The molecule has 4 rings (SSSR count). The van der Waals surface area contributed by atoms with Crippen molar-refractivity contribution in [1.29, 1.82) is 0 Å². The van der Waals surface area contributed by atoms with E-state index >= 15 is 0 Å². The van der Waals surface area contributed by atoms with Gasteiger partial charge in [-0.1, -0.05) is 74.9 Å². The Labute approximate surface area is 191 Å². The summed E-state index contributed by atoms with van der Waals surface area (Å²) in [4.78, 5) is 0. The Morgan fingerprint density at radius 1 is 0.781 bits per heavy atom. The van der Waals surface area contributed by atoms with Gasteiger partial charge in [0.2, 0.25) is 0 Å². The summed E-state index contributed by atoms with van der Waals surface area (Å²) < 4.78 is 29.9. The van der Waals surface area contributed by atoms with E-state index in [0.717, 1.165) is 43.2 Å². The third-order valence-electron chi connectivity index (χ3n) is 7.23. The summed E-state index contributed by atoms with van der Waals surface area (Å²) in [5.74, 6) is 0.0934. The molecule has 0 spiro atoms. The first kappa shape index (κ1) is 22.7. The largest absolute Gasteiger partial charge is 0.207 e. The van der Waals surface area contributed by atoms with E-state index in [2.05, 4.69) is 31.2 Å². The summed E-state index contributed by atoms with van der Waals surface area (Å²) in [6.45, 7) is 4.23. The molecular weight excluding hydrogens is 398 g/mol. The second kappa shape index (κ2) is 10.4. The number of hydrogen-bond acceptors (Lipinski definition) is 0. The molecule has 168 valence electrons. The summed E-state index contributed by atoms with van der Waals surface area (Å²) in [5, 5.41) is 0. The summed E-state index contributed by atoms with van der Waals surface area (Å²) >= 11 is 0. The molecule has 1 atom stereocenters. The molecule has 0 saturated heterocycles. The molecule has 1 fully saturated rings. The van der Waals surface area contributed by atoms with Crippen LogP contribution in [0, 0.1) is 11.6 Å². The highest BCUT2D eigenvalue weighted by molar-refractivity contribution is 5.32. The van der Waals surface area contributed by atoms with Crippen LogP contribution in [0.5, 0.6) is 0 Å². The van der Waals surface area contributed by atoms with Gasteiger partial charge in [0.05, 0.1) is 0 Å². The lowest BCUT2D eigenvalue weighted by molar-refractivity contribution is 0.393. The van der Waals surface area contributed by atoms with Crippen molar-refractivity contribution in [3.8, 4) is 0 Å². The van der Waals surface area contributed by atoms with Crippen LogP contribution in [0.4, 0.5) is 8.78 Å². The molecule has 1 aliphatic rings. The van der Waals surface area contributed by atoms with E-state index in [1.165, 1.54) is 17.5 Å². The molecule has 1 aliphatic carbocycles. The molecule has 0 N–H and O–H groups in total. The summed E-state index contributed by atoms with van der Waals surface area (Å²) in [6.07, 6.45) is 6.80. The molecule has 1 saturated carbocycles. The van der Waals surface area contributed by atoms with E-state index in [0.29, 0.717) is 12.3 Å². The van der Waals surface area contributed by atoms with E-state index in [1.807, 2.05) is 37.3 Å². The number of rotatable bonds is 7. The van der Waals surface area contributed by atoms with Crippen LogP contribution in [0.2, 0.25) is 0 Å². The third kappa shape index (κ3) is 5.28. The van der Waals surface area contributed by atoms with Gasteiger partial charge < -0.3 is 0 Å². The molecule has 0 radical (unpaired) electrons. The maximum absolute atomic E-state index is 14.9. The monoisotopic (exact) mass is 432 g/mol. The molecule has 0 amide bonds. The molecule has 3 aromatic rings. The number of benzene rings is 3. The van der Waals surface area contributed by atoms with Crippen molar-refractivity contribution in [3.63, 3.8) is 0 Å². The first-order valence-corrected chi connectivity index (χ1v) is 12.2. The van der Waals surface area contributed by atoms with Crippen LogP contribution < -0.4 is 0 Å². The van der Waals surface area contributed by atoms with Gasteiger partial charge in [-0.15, -0.1) is 0 Å². The van der Waals surface area contributed by atoms with Gasteiger partial charge >= 0.3 is 0 Å². The van der Waals surface area contributed by atoms with E-state index < -0.39 is 11.6 Å². The predicted octanol–water partition coefficient (Wildman–Crippen LogP) is 8.70. The highest BCUT2D eigenvalue weighted by Gasteiger charge is 2.25. The topological polar surface area (TPSA) is 0 Å². The fourth-order valence-corrected chi connectivity index (χ4v) is 5.26. The van der Waals surface area contributed by atoms with Gasteiger partial charge in [0.1, 0.15) is 11.6 Å². The maximum Gasteiger partial charge on any atom is 0.129 e. The van der Waals surface area contributed by atoms with Crippen LogP contribution in [-0.2, 0) is 12.8 Å². The van der Waals surface area contributed by atoms with Gasteiger partial charge in [-0.2, -0.15) is 0 Å². The zero-order valence-corrected chi connectivity index (χ0v) is 19.3. The van der Waals surface area contributed by atoms with Gasteiger partial charge in [-0.05, 0) is 90.7 Å². The van der Waals surface area contributed by atoms with Gasteiger partial charge in [-0.3, -0.25) is 0 Å². The molecule has 2 heteroatoms. The lowest BCUT2D eigenvalue weighted by Crippen LogP contribution is -2.13. The Morgan fingerprint density at radius 2 is 1.34 bits per heavy atom. The Hall–Kier alpha value is -2.48. The number of hydrogen-bond donors (Lipinski definition) is 0. The minimum atomic E-state index is -0.392. The quantitative estimate of drug-likeness (QED) is 0.350. The molecular formula is C30H34F2. The predicted molar refractivity (Wildman–Crippen MR) is 129 cm³/mol. The van der Waals surface area contributed by atoms with Crippen molar-refractivity contribution in [2.75, 3.05) is 0 Å².